The van der Waals surface area contributed by atoms with Crippen LogP contribution in [0.25, 0.3) is 0 Å². The van der Waals surface area contributed by atoms with E-state index in [0.717, 1.165) is 12.8 Å². The average molecular weight is 284 g/mol. The second-order valence-electron chi connectivity index (χ2n) is 6.71. The van der Waals surface area contributed by atoms with Crippen molar-refractivity contribution < 1.29 is 19.4 Å². The summed E-state index contributed by atoms with van der Waals surface area (Å²) in [6.07, 6.45) is 2.48. The zero-order valence-corrected chi connectivity index (χ0v) is 12.4. The topological polar surface area (TPSA) is 78.9 Å². The van der Waals surface area contributed by atoms with E-state index in [9.17, 15) is 14.7 Å². The van der Waals surface area contributed by atoms with Crippen LogP contribution in [-0.2, 0) is 9.53 Å². The van der Waals surface area contributed by atoms with E-state index in [0.29, 0.717) is 19.0 Å². The number of hydrogen-bond donors (Lipinski definition) is 2. The van der Waals surface area contributed by atoms with Gasteiger partial charge in [-0.3, -0.25) is 4.79 Å². The molecule has 0 unspecified atom stereocenters. The molecule has 0 aromatic heterocycles. The second kappa shape index (κ2) is 5.60. The predicted octanol–water partition coefficient (Wildman–Crippen LogP) is 1.45. The largest absolute Gasteiger partial charge is 0.481 e. The molecule has 1 aliphatic heterocycles. The van der Waals surface area contributed by atoms with Crippen LogP contribution in [0, 0.1) is 5.92 Å². The lowest BCUT2D eigenvalue weighted by atomic mass is 9.92. The van der Waals surface area contributed by atoms with Crippen LogP contribution in [0.5, 0.6) is 0 Å². The average Bonchev–Trinajstić information content (AvgIpc) is 3.10. The van der Waals surface area contributed by atoms with Crippen LogP contribution in [0.3, 0.4) is 0 Å². The van der Waals surface area contributed by atoms with E-state index in [4.69, 9.17) is 4.74 Å². The van der Waals surface area contributed by atoms with Gasteiger partial charge in [-0.25, -0.2) is 4.79 Å². The van der Waals surface area contributed by atoms with E-state index < -0.39 is 23.6 Å². The number of carbonyl (C=O) groups is 2. The molecule has 2 N–H and O–H groups in total. The molecule has 2 rings (SSSR count). The summed E-state index contributed by atoms with van der Waals surface area (Å²) in [4.78, 5) is 24.9. The third kappa shape index (κ3) is 4.10. The van der Waals surface area contributed by atoms with Crippen molar-refractivity contribution in [3.05, 3.63) is 0 Å². The van der Waals surface area contributed by atoms with Crippen LogP contribution in [0.1, 0.15) is 40.0 Å². The van der Waals surface area contributed by atoms with Gasteiger partial charge >= 0.3 is 12.1 Å². The highest BCUT2D eigenvalue weighted by Crippen LogP contribution is 2.25. The number of ether oxygens (including phenoxy) is 1. The number of nitrogens with one attached hydrogen (secondary N) is 1. The highest BCUT2D eigenvalue weighted by molar-refractivity contribution is 5.74. The van der Waals surface area contributed by atoms with Crippen LogP contribution in [0.15, 0.2) is 0 Å². The maximum Gasteiger partial charge on any atom is 0.410 e. The first-order valence-corrected chi connectivity index (χ1v) is 7.23. The van der Waals surface area contributed by atoms with Crippen molar-refractivity contribution in [3.63, 3.8) is 0 Å². The number of nitrogens with zero attached hydrogens (tertiary/aromatic N) is 1. The smallest absolute Gasteiger partial charge is 0.410 e. The standard InChI is InChI=1S/C14H24N2O4/c1-14(2,3)20-13(19)16-7-6-11(15-9-4-5-9)10(8-16)12(17)18/h9-11,15H,4-8H2,1-3H3,(H,17,18)/t10-,11-/m1/s1. The monoisotopic (exact) mass is 284 g/mol. The van der Waals surface area contributed by atoms with Crippen molar-refractivity contribution >= 4 is 12.1 Å². The third-order valence-electron chi connectivity index (χ3n) is 3.61. The molecule has 2 atom stereocenters. The van der Waals surface area contributed by atoms with Crippen LogP contribution in [0.4, 0.5) is 4.79 Å². The van der Waals surface area contributed by atoms with Crippen LogP contribution >= 0.6 is 0 Å². The Morgan fingerprint density at radius 3 is 2.40 bits per heavy atom. The fraction of sp³-hybridized carbons (Fsp3) is 0.857. The van der Waals surface area contributed by atoms with Gasteiger partial charge in [0, 0.05) is 25.2 Å². The lowest BCUT2D eigenvalue weighted by Gasteiger charge is -2.37. The molecule has 114 valence electrons. The van der Waals surface area contributed by atoms with Gasteiger partial charge in [-0.05, 0) is 40.0 Å². The minimum atomic E-state index is -0.851. The third-order valence-corrected chi connectivity index (χ3v) is 3.61. The number of amides is 1. The lowest BCUT2D eigenvalue weighted by molar-refractivity contribution is -0.144. The maximum atomic E-state index is 12.0. The van der Waals surface area contributed by atoms with Crippen molar-refractivity contribution in [1.82, 2.24) is 10.2 Å². The van der Waals surface area contributed by atoms with E-state index in [1.165, 1.54) is 4.90 Å². The number of carboxylic acid groups (broad SMARTS) is 1. The normalized spacial score (nSPS) is 27.2. The molecule has 1 amide bonds. The Morgan fingerprint density at radius 1 is 1.25 bits per heavy atom. The van der Waals surface area contributed by atoms with Gasteiger partial charge in [0.15, 0.2) is 0 Å². The van der Waals surface area contributed by atoms with Crippen molar-refractivity contribution in [3.8, 4) is 0 Å². The van der Waals surface area contributed by atoms with Crippen molar-refractivity contribution in [1.29, 1.82) is 0 Å². The van der Waals surface area contributed by atoms with E-state index in [1.807, 2.05) is 0 Å². The predicted molar refractivity (Wildman–Crippen MR) is 73.5 cm³/mol. The Balaban J connectivity index is 1.94. The highest BCUT2D eigenvalue weighted by Gasteiger charge is 2.39. The van der Waals surface area contributed by atoms with Gasteiger partial charge in [0.25, 0.3) is 0 Å². The molecule has 2 fully saturated rings. The lowest BCUT2D eigenvalue weighted by Crippen LogP contribution is -2.54. The summed E-state index contributed by atoms with van der Waals surface area (Å²) in [5.41, 5.74) is -0.557. The molecule has 1 aliphatic carbocycles. The molecular formula is C14H24N2O4. The van der Waals surface area contributed by atoms with E-state index in [-0.39, 0.29) is 12.6 Å². The Labute approximate surface area is 119 Å². The summed E-state index contributed by atoms with van der Waals surface area (Å²) < 4.78 is 5.31. The fourth-order valence-electron chi connectivity index (χ4n) is 2.45. The summed E-state index contributed by atoms with van der Waals surface area (Å²) in [5, 5.41) is 12.7. The molecule has 1 saturated carbocycles. The molecule has 0 aromatic carbocycles. The first kappa shape index (κ1) is 15.1. The van der Waals surface area contributed by atoms with E-state index >= 15 is 0 Å². The SMILES string of the molecule is CC(C)(C)OC(=O)N1CC[C@@H](NC2CC2)[C@H](C(=O)O)C1. The van der Waals surface area contributed by atoms with Gasteiger partial charge in [0.1, 0.15) is 5.60 Å². The van der Waals surface area contributed by atoms with Crippen LogP contribution < -0.4 is 5.32 Å². The van der Waals surface area contributed by atoms with Crippen molar-refractivity contribution in [2.75, 3.05) is 13.1 Å². The van der Waals surface area contributed by atoms with Gasteiger partial charge in [-0.2, -0.15) is 0 Å². The fourth-order valence-corrected chi connectivity index (χ4v) is 2.45. The first-order valence-electron chi connectivity index (χ1n) is 7.23. The summed E-state index contributed by atoms with van der Waals surface area (Å²) in [6, 6.07) is 0.425. The zero-order chi connectivity index (χ0) is 14.9. The Hall–Kier alpha value is -1.30. The summed E-state index contributed by atoms with van der Waals surface area (Å²) in [7, 11) is 0. The van der Waals surface area contributed by atoms with Gasteiger partial charge < -0.3 is 20.1 Å². The molecule has 0 bridgehead atoms. The molecule has 0 radical (unpaired) electrons. The quantitative estimate of drug-likeness (QED) is 0.820. The number of rotatable bonds is 3. The molecule has 0 aromatic rings. The Kier molecular flexibility index (Phi) is 4.22. The molecule has 6 nitrogen and oxygen atoms in total. The minimum Gasteiger partial charge on any atom is -0.481 e. The van der Waals surface area contributed by atoms with Gasteiger partial charge in [-0.15, -0.1) is 0 Å². The number of likely N-dealkylation sites (tertiary alicyclic amines) is 1. The van der Waals surface area contributed by atoms with Gasteiger partial charge in [0.2, 0.25) is 0 Å². The summed E-state index contributed by atoms with van der Waals surface area (Å²) in [5.74, 6) is -1.41. The number of hydrogen-bond acceptors (Lipinski definition) is 4. The molecule has 6 heteroatoms. The number of carboxylic acids is 1. The van der Waals surface area contributed by atoms with E-state index in [1.54, 1.807) is 20.8 Å². The minimum absolute atomic E-state index is 0.0429. The second-order valence-corrected chi connectivity index (χ2v) is 6.71. The van der Waals surface area contributed by atoms with Crippen LogP contribution in [0.2, 0.25) is 0 Å². The Bertz CT molecular complexity index is 387. The highest BCUT2D eigenvalue weighted by atomic mass is 16.6. The maximum absolute atomic E-state index is 12.0. The molecule has 20 heavy (non-hydrogen) atoms. The number of piperidine rings is 1. The zero-order valence-electron chi connectivity index (χ0n) is 12.4. The Morgan fingerprint density at radius 2 is 1.90 bits per heavy atom. The van der Waals surface area contributed by atoms with Crippen molar-refractivity contribution in [2.45, 2.75) is 57.7 Å². The van der Waals surface area contributed by atoms with Gasteiger partial charge in [0.05, 0.1) is 5.92 Å². The number of aliphatic carboxylic acids is 1. The summed E-state index contributed by atoms with van der Waals surface area (Å²) >= 11 is 0. The van der Waals surface area contributed by atoms with Gasteiger partial charge in [-0.1, -0.05) is 0 Å². The van der Waals surface area contributed by atoms with Crippen LogP contribution in [-0.4, -0.2) is 52.8 Å². The molecule has 0 spiro atoms. The number of carbonyl (C=O) groups excluding carboxylic acids is 1. The summed E-state index contributed by atoms with van der Waals surface area (Å²) in [6.45, 7) is 6.18. The first-order chi connectivity index (χ1) is 9.26. The van der Waals surface area contributed by atoms with Crippen molar-refractivity contribution in [2.24, 2.45) is 5.92 Å². The molecule has 1 saturated heterocycles. The molecular weight excluding hydrogens is 260 g/mol. The molecule has 1 heterocycles. The van der Waals surface area contributed by atoms with E-state index in [2.05, 4.69) is 5.32 Å². The molecule has 2 aliphatic rings.